The summed E-state index contributed by atoms with van der Waals surface area (Å²) in [5, 5.41) is 0. The average Bonchev–Trinajstić information content (AvgIpc) is 3.39. The molecule has 2 unspecified atom stereocenters. The molecule has 3 nitrogen and oxygen atoms in total. The molecule has 3 fully saturated rings. The molecular weight excluding hydrogens is 394 g/mol. The molecule has 3 heteroatoms. The smallest absolute Gasteiger partial charge is 0.156 e. The molecule has 6 rings (SSSR count). The minimum Gasteiger partial charge on any atom is -0.378 e. The van der Waals surface area contributed by atoms with E-state index < -0.39 is 0 Å². The molecule has 1 aliphatic heterocycles. The van der Waals surface area contributed by atoms with Crippen LogP contribution in [-0.2, 0) is 9.53 Å². The van der Waals surface area contributed by atoms with Gasteiger partial charge in [-0.1, -0.05) is 24.6 Å². The van der Waals surface area contributed by atoms with Gasteiger partial charge in [-0.05, 0) is 98.1 Å². The van der Waals surface area contributed by atoms with Gasteiger partial charge in [-0.25, -0.2) is 0 Å². The van der Waals surface area contributed by atoms with Crippen LogP contribution < -0.4 is 4.90 Å². The highest BCUT2D eigenvalue weighted by Gasteiger charge is 2.64. The van der Waals surface area contributed by atoms with Gasteiger partial charge >= 0.3 is 0 Å². The molecule has 0 N–H and O–H groups in total. The number of nitrogens with zero attached hydrogens (tertiary/aromatic N) is 1. The predicted octanol–water partition coefficient (Wildman–Crippen LogP) is 6.20. The fourth-order valence-corrected chi connectivity index (χ4v) is 8.39. The number of carbonyl (C=O) groups excluding carboxylic acids is 1. The van der Waals surface area contributed by atoms with Crippen LogP contribution in [0, 0.1) is 17.3 Å². The lowest BCUT2D eigenvalue weighted by Gasteiger charge is -2.55. The van der Waals surface area contributed by atoms with Crippen molar-refractivity contribution in [2.75, 3.05) is 25.6 Å². The maximum Gasteiger partial charge on any atom is 0.156 e. The van der Waals surface area contributed by atoms with E-state index in [0.29, 0.717) is 24.0 Å². The Balaban J connectivity index is 1.50. The van der Waals surface area contributed by atoms with Gasteiger partial charge in [0.05, 0.1) is 5.60 Å². The van der Waals surface area contributed by atoms with Crippen molar-refractivity contribution < 1.29 is 9.53 Å². The summed E-state index contributed by atoms with van der Waals surface area (Å²) in [5.74, 6) is 2.15. The van der Waals surface area contributed by atoms with E-state index in [9.17, 15) is 4.79 Å². The lowest BCUT2D eigenvalue weighted by Crippen LogP contribution is -2.51. The van der Waals surface area contributed by atoms with Crippen molar-refractivity contribution in [3.05, 3.63) is 52.6 Å². The van der Waals surface area contributed by atoms with Gasteiger partial charge in [0.15, 0.2) is 5.78 Å². The molecule has 0 amide bonds. The maximum absolute atomic E-state index is 12.2. The fourth-order valence-electron chi connectivity index (χ4n) is 8.39. The predicted molar refractivity (Wildman–Crippen MR) is 129 cm³/mol. The van der Waals surface area contributed by atoms with E-state index in [1.54, 1.807) is 11.1 Å². The number of carbonyl (C=O) groups is 1. The standard InChI is InChI=1S/C29H37NO2/c1-28-18-25(19-5-8-21(9-6-19)30(2)3)27-23-12-10-22(31)17-20(23)7-11-24(27)26(28)13-15-29(28)14-4-16-32-29/h5-6,8-9,17,24-26H,4,7,10-16,18H2,1-3H3/t24?,25-,26?,28+,29+/m1/s1. The molecule has 2 saturated carbocycles. The monoisotopic (exact) mass is 431 g/mol. The Morgan fingerprint density at radius 2 is 1.84 bits per heavy atom. The first-order valence-corrected chi connectivity index (χ1v) is 12.8. The van der Waals surface area contributed by atoms with E-state index in [1.165, 1.54) is 55.3 Å². The minimum atomic E-state index is 0.0916. The van der Waals surface area contributed by atoms with Gasteiger partial charge in [-0.3, -0.25) is 4.79 Å². The minimum absolute atomic E-state index is 0.0916. The van der Waals surface area contributed by atoms with Gasteiger partial charge in [0.2, 0.25) is 0 Å². The first-order valence-electron chi connectivity index (χ1n) is 12.8. The van der Waals surface area contributed by atoms with Crippen molar-refractivity contribution in [1.29, 1.82) is 0 Å². The van der Waals surface area contributed by atoms with Gasteiger partial charge in [0.1, 0.15) is 0 Å². The number of ether oxygens (including phenoxy) is 1. The summed E-state index contributed by atoms with van der Waals surface area (Å²) in [6, 6.07) is 9.31. The SMILES string of the molecule is CN(C)c1ccc([C@H]2C[C@@]3(C)C(CC[C@@]34CCCO4)C3CCC4=CC(=O)CCC4=C32)cc1. The second-order valence-corrected chi connectivity index (χ2v) is 11.5. The van der Waals surface area contributed by atoms with Gasteiger partial charge in [-0.2, -0.15) is 0 Å². The zero-order valence-corrected chi connectivity index (χ0v) is 20.0. The van der Waals surface area contributed by atoms with Gasteiger partial charge < -0.3 is 9.64 Å². The molecule has 1 aromatic rings. The highest BCUT2D eigenvalue weighted by molar-refractivity contribution is 5.93. The molecule has 4 aliphatic carbocycles. The number of hydrogen-bond acceptors (Lipinski definition) is 3. The summed E-state index contributed by atoms with van der Waals surface area (Å²) in [6.45, 7) is 3.52. The van der Waals surface area contributed by atoms with Gasteiger partial charge in [0.25, 0.3) is 0 Å². The van der Waals surface area contributed by atoms with E-state index in [-0.39, 0.29) is 11.0 Å². The average molecular weight is 432 g/mol. The second-order valence-electron chi connectivity index (χ2n) is 11.5. The van der Waals surface area contributed by atoms with E-state index in [1.807, 2.05) is 6.08 Å². The van der Waals surface area contributed by atoms with Crippen LogP contribution in [0.15, 0.2) is 47.1 Å². The molecule has 0 radical (unpaired) electrons. The van der Waals surface area contributed by atoms with E-state index in [2.05, 4.69) is 50.2 Å². The third kappa shape index (κ3) is 2.86. The third-order valence-electron chi connectivity index (χ3n) is 9.94. The quantitative estimate of drug-likeness (QED) is 0.558. The summed E-state index contributed by atoms with van der Waals surface area (Å²) >= 11 is 0. The largest absolute Gasteiger partial charge is 0.378 e. The Hall–Kier alpha value is -1.87. The summed E-state index contributed by atoms with van der Waals surface area (Å²) in [5.41, 5.74) is 7.66. The molecule has 170 valence electrons. The Bertz CT molecular complexity index is 994. The lowest BCUT2D eigenvalue weighted by molar-refractivity contribution is -0.114. The number of rotatable bonds is 2. The van der Waals surface area contributed by atoms with Crippen molar-refractivity contribution in [3.8, 4) is 0 Å². The Kier molecular flexibility index (Phi) is 4.74. The van der Waals surface area contributed by atoms with Crippen LogP contribution in [0.4, 0.5) is 5.69 Å². The first kappa shape index (κ1) is 20.7. The molecule has 1 heterocycles. The number of fused-ring (bicyclic) bond motifs is 5. The second kappa shape index (κ2) is 7.32. The zero-order valence-electron chi connectivity index (χ0n) is 20.0. The Labute approximate surface area is 192 Å². The van der Waals surface area contributed by atoms with Gasteiger partial charge in [0, 0.05) is 44.1 Å². The van der Waals surface area contributed by atoms with Crippen molar-refractivity contribution >= 4 is 11.5 Å². The Morgan fingerprint density at radius 1 is 1.03 bits per heavy atom. The normalized spacial score (nSPS) is 38.4. The van der Waals surface area contributed by atoms with Crippen molar-refractivity contribution in [1.82, 2.24) is 0 Å². The number of benzene rings is 1. The topological polar surface area (TPSA) is 29.5 Å². The van der Waals surface area contributed by atoms with E-state index in [0.717, 1.165) is 25.4 Å². The summed E-state index contributed by atoms with van der Waals surface area (Å²) in [4.78, 5) is 14.4. The highest BCUT2D eigenvalue weighted by Crippen LogP contribution is 2.69. The molecule has 0 aromatic heterocycles. The molecule has 1 spiro atoms. The highest BCUT2D eigenvalue weighted by atomic mass is 16.5. The fraction of sp³-hybridized carbons (Fsp3) is 0.621. The lowest BCUT2D eigenvalue weighted by atomic mass is 9.51. The molecule has 5 aliphatic rings. The molecule has 5 atom stereocenters. The molecular formula is C29H37NO2. The van der Waals surface area contributed by atoms with Crippen molar-refractivity contribution in [2.24, 2.45) is 17.3 Å². The molecule has 1 saturated heterocycles. The van der Waals surface area contributed by atoms with E-state index in [4.69, 9.17) is 4.74 Å². The van der Waals surface area contributed by atoms with Crippen molar-refractivity contribution in [3.63, 3.8) is 0 Å². The molecule has 0 bridgehead atoms. The summed E-state index contributed by atoms with van der Waals surface area (Å²) in [7, 11) is 4.22. The third-order valence-corrected chi connectivity index (χ3v) is 9.94. The van der Waals surface area contributed by atoms with Gasteiger partial charge in [-0.15, -0.1) is 0 Å². The molecule has 1 aromatic carbocycles. The molecule has 32 heavy (non-hydrogen) atoms. The number of ketones is 1. The van der Waals surface area contributed by atoms with Crippen LogP contribution in [0.25, 0.3) is 0 Å². The number of allylic oxidation sites excluding steroid dienone is 4. The van der Waals surface area contributed by atoms with Crippen LogP contribution >= 0.6 is 0 Å². The van der Waals surface area contributed by atoms with E-state index >= 15 is 0 Å². The van der Waals surface area contributed by atoms with Crippen LogP contribution in [0.3, 0.4) is 0 Å². The zero-order chi connectivity index (χ0) is 22.1. The summed E-state index contributed by atoms with van der Waals surface area (Å²) < 4.78 is 6.63. The maximum atomic E-state index is 12.2. The van der Waals surface area contributed by atoms with Crippen molar-refractivity contribution in [2.45, 2.75) is 76.2 Å². The summed E-state index contributed by atoms with van der Waals surface area (Å²) in [6.07, 6.45) is 12.1. The van der Waals surface area contributed by atoms with Crippen LogP contribution in [0.5, 0.6) is 0 Å². The number of anilines is 1. The van der Waals surface area contributed by atoms with Crippen LogP contribution in [0.1, 0.15) is 76.2 Å². The number of hydrogen-bond donors (Lipinski definition) is 0. The van der Waals surface area contributed by atoms with Crippen LogP contribution in [-0.4, -0.2) is 32.1 Å². The van der Waals surface area contributed by atoms with Crippen LogP contribution in [0.2, 0.25) is 0 Å². The Morgan fingerprint density at radius 3 is 2.56 bits per heavy atom. The first-order chi connectivity index (χ1) is 15.4.